The van der Waals surface area contributed by atoms with E-state index in [0.717, 1.165) is 6.07 Å². The molecule has 0 bridgehead atoms. The van der Waals surface area contributed by atoms with Gasteiger partial charge in [-0.05, 0) is 13.0 Å². The molecule has 1 aromatic rings. The zero-order chi connectivity index (χ0) is 12.8. The third-order valence-corrected chi connectivity index (χ3v) is 2.14. The summed E-state index contributed by atoms with van der Waals surface area (Å²) in [6.07, 6.45) is 0.211. The highest BCUT2D eigenvalue weighted by atomic mass is 16.6. The molecule has 0 aliphatic rings. The van der Waals surface area contributed by atoms with Crippen molar-refractivity contribution in [1.82, 2.24) is 4.90 Å². The van der Waals surface area contributed by atoms with E-state index >= 15 is 0 Å². The maximum atomic E-state index is 11.8. The van der Waals surface area contributed by atoms with Crippen molar-refractivity contribution in [1.29, 1.82) is 5.26 Å². The van der Waals surface area contributed by atoms with Gasteiger partial charge >= 0.3 is 5.88 Å². The molecule has 0 unspecified atom stereocenters. The van der Waals surface area contributed by atoms with Crippen LogP contribution in [0.5, 0.6) is 0 Å². The molecular formula is C10H11N3O4. The van der Waals surface area contributed by atoms with Crippen molar-refractivity contribution >= 4 is 11.8 Å². The van der Waals surface area contributed by atoms with Crippen molar-refractivity contribution in [3.63, 3.8) is 0 Å². The predicted molar refractivity (Wildman–Crippen MR) is 57.2 cm³/mol. The van der Waals surface area contributed by atoms with E-state index in [4.69, 9.17) is 9.68 Å². The van der Waals surface area contributed by atoms with Gasteiger partial charge in [0.05, 0.1) is 18.6 Å². The van der Waals surface area contributed by atoms with Crippen LogP contribution in [0.25, 0.3) is 0 Å². The molecule has 0 saturated heterocycles. The van der Waals surface area contributed by atoms with Crippen LogP contribution in [0.1, 0.15) is 23.9 Å². The lowest BCUT2D eigenvalue weighted by Crippen LogP contribution is -2.31. The minimum atomic E-state index is -0.706. The van der Waals surface area contributed by atoms with Crippen LogP contribution < -0.4 is 0 Å². The summed E-state index contributed by atoms with van der Waals surface area (Å²) in [7, 11) is 0. The minimum absolute atomic E-state index is 0.0866. The average Bonchev–Trinajstić information content (AvgIpc) is 2.79. The Morgan fingerprint density at radius 1 is 1.65 bits per heavy atom. The second kappa shape index (κ2) is 5.65. The number of hydrogen-bond acceptors (Lipinski definition) is 5. The summed E-state index contributed by atoms with van der Waals surface area (Å²) in [5.74, 6) is -1.00. The zero-order valence-electron chi connectivity index (χ0n) is 9.25. The Kier molecular flexibility index (Phi) is 4.22. The third kappa shape index (κ3) is 3.04. The molecule has 7 heteroatoms. The number of rotatable bonds is 5. The van der Waals surface area contributed by atoms with Gasteiger partial charge in [0.1, 0.15) is 4.92 Å². The van der Waals surface area contributed by atoms with E-state index in [2.05, 4.69) is 0 Å². The van der Waals surface area contributed by atoms with Gasteiger partial charge in [-0.15, -0.1) is 0 Å². The van der Waals surface area contributed by atoms with Gasteiger partial charge in [-0.2, -0.15) is 5.26 Å². The van der Waals surface area contributed by atoms with Gasteiger partial charge < -0.3 is 9.32 Å². The standard InChI is InChI=1S/C10H11N3O4/c1-2-12(7-3-6-11)10(14)8-4-5-9(17-8)13(15)16/h4-5H,2-3,7H2,1H3. The molecule has 0 aromatic carbocycles. The summed E-state index contributed by atoms with van der Waals surface area (Å²) in [4.78, 5) is 22.9. The molecule has 0 spiro atoms. The number of nitrogens with zero attached hydrogens (tertiary/aromatic N) is 3. The van der Waals surface area contributed by atoms with E-state index in [9.17, 15) is 14.9 Å². The van der Waals surface area contributed by atoms with Gasteiger partial charge in [-0.25, -0.2) is 0 Å². The number of furan rings is 1. The molecule has 0 aliphatic carbocycles. The number of nitro groups is 1. The molecule has 1 amide bonds. The molecule has 0 fully saturated rings. The van der Waals surface area contributed by atoms with Crippen LogP contribution in [0.4, 0.5) is 5.88 Å². The highest BCUT2D eigenvalue weighted by Crippen LogP contribution is 2.17. The lowest BCUT2D eigenvalue weighted by Gasteiger charge is -2.17. The van der Waals surface area contributed by atoms with Gasteiger partial charge in [0.25, 0.3) is 5.91 Å². The summed E-state index contributed by atoms with van der Waals surface area (Å²) in [5.41, 5.74) is 0. The molecule has 7 nitrogen and oxygen atoms in total. The molecule has 0 atom stereocenters. The van der Waals surface area contributed by atoms with Crippen molar-refractivity contribution in [2.24, 2.45) is 0 Å². The fourth-order valence-corrected chi connectivity index (χ4v) is 1.28. The summed E-state index contributed by atoms with van der Waals surface area (Å²) in [6, 6.07) is 4.32. The van der Waals surface area contributed by atoms with Crippen LogP contribution in [0.3, 0.4) is 0 Å². The van der Waals surface area contributed by atoms with Crippen LogP contribution in [-0.2, 0) is 0 Å². The second-order valence-corrected chi connectivity index (χ2v) is 3.19. The van der Waals surface area contributed by atoms with Gasteiger partial charge in [0.2, 0.25) is 0 Å². The largest absolute Gasteiger partial charge is 0.433 e. The highest BCUT2D eigenvalue weighted by molar-refractivity contribution is 5.91. The number of hydrogen-bond donors (Lipinski definition) is 0. The van der Waals surface area contributed by atoms with Crippen LogP contribution in [0.2, 0.25) is 0 Å². The lowest BCUT2D eigenvalue weighted by molar-refractivity contribution is -0.402. The van der Waals surface area contributed by atoms with E-state index in [1.807, 2.05) is 6.07 Å². The Balaban J connectivity index is 2.79. The summed E-state index contributed by atoms with van der Waals surface area (Å²) in [5, 5.41) is 18.8. The highest BCUT2D eigenvalue weighted by Gasteiger charge is 2.21. The first kappa shape index (κ1) is 12.7. The molecule has 90 valence electrons. The van der Waals surface area contributed by atoms with Crippen molar-refractivity contribution in [3.8, 4) is 6.07 Å². The van der Waals surface area contributed by atoms with E-state index in [-0.39, 0.29) is 18.7 Å². The Bertz CT molecular complexity index is 460. The summed E-state index contributed by atoms with van der Waals surface area (Å²) in [6.45, 7) is 2.45. The molecule has 1 rings (SSSR count). The summed E-state index contributed by atoms with van der Waals surface area (Å²) >= 11 is 0. The fraction of sp³-hybridized carbons (Fsp3) is 0.400. The quantitative estimate of drug-likeness (QED) is 0.571. The number of amides is 1. The Morgan fingerprint density at radius 3 is 2.82 bits per heavy atom. The van der Waals surface area contributed by atoms with E-state index in [0.29, 0.717) is 6.54 Å². The topological polar surface area (TPSA) is 100 Å². The molecule has 0 radical (unpaired) electrons. The minimum Gasteiger partial charge on any atom is -0.395 e. The van der Waals surface area contributed by atoms with Crippen LogP contribution in [0.15, 0.2) is 16.5 Å². The molecule has 17 heavy (non-hydrogen) atoms. The zero-order valence-corrected chi connectivity index (χ0v) is 9.25. The van der Waals surface area contributed by atoms with Gasteiger partial charge in [0.15, 0.2) is 5.76 Å². The van der Waals surface area contributed by atoms with Gasteiger partial charge in [-0.1, -0.05) is 0 Å². The molecular weight excluding hydrogens is 226 g/mol. The Labute approximate surface area is 97.4 Å². The average molecular weight is 237 g/mol. The molecule has 1 heterocycles. The SMILES string of the molecule is CCN(CCC#N)C(=O)c1ccc([N+](=O)[O-])o1. The summed E-state index contributed by atoms with van der Waals surface area (Å²) < 4.78 is 4.80. The number of nitriles is 1. The second-order valence-electron chi connectivity index (χ2n) is 3.19. The first-order valence-corrected chi connectivity index (χ1v) is 5.00. The maximum Gasteiger partial charge on any atom is 0.433 e. The molecule has 1 aromatic heterocycles. The predicted octanol–water partition coefficient (Wildman–Crippen LogP) is 1.56. The molecule has 0 saturated carbocycles. The Hall–Kier alpha value is -2.36. The third-order valence-electron chi connectivity index (χ3n) is 2.14. The lowest BCUT2D eigenvalue weighted by atomic mass is 10.3. The number of carbonyl (C=O) groups excluding carboxylic acids is 1. The normalized spacial score (nSPS) is 9.65. The van der Waals surface area contributed by atoms with Crippen molar-refractivity contribution in [2.75, 3.05) is 13.1 Å². The van der Waals surface area contributed by atoms with E-state index < -0.39 is 16.7 Å². The van der Waals surface area contributed by atoms with Crippen LogP contribution >= 0.6 is 0 Å². The van der Waals surface area contributed by atoms with E-state index in [1.54, 1.807) is 6.92 Å². The van der Waals surface area contributed by atoms with Gasteiger partial charge in [-0.3, -0.25) is 14.9 Å². The maximum absolute atomic E-state index is 11.8. The smallest absolute Gasteiger partial charge is 0.395 e. The Morgan fingerprint density at radius 2 is 2.35 bits per heavy atom. The van der Waals surface area contributed by atoms with Crippen molar-refractivity contribution in [2.45, 2.75) is 13.3 Å². The van der Waals surface area contributed by atoms with E-state index in [1.165, 1.54) is 11.0 Å². The van der Waals surface area contributed by atoms with Gasteiger partial charge in [0, 0.05) is 13.1 Å². The first-order chi connectivity index (χ1) is 8.10. The van der Waals surface area contributed by atoms with Crippen LogP contribution in [0, 0.1) is 21.4 Å². The van der Waals surface area contributed by atoms with Crippen LogP contribution in [-0.4, -0.2) is 28.8 Å². The fourth-order valence-electron chi connectivity index (χ4n) is 1.28. The molecule has 0 aliphatic heterocycles. The first-order valence-electron chi connectivity index (χ1n) is 5.00. The van der Waals surface area contributed by atoms with Crippen molar-refractivity contribution in [3.05, 3.63) is 28.0 Å². The molecule has 0 N–H and O–H groups in total. The van der Waals surface area contributed by atoms with Crippen molar-refractivity contribution < 1.29 is 14.1 Å². The monoisotopic (exact) mass is 237 g/mol. The number of carbonyl (C=O) groups is 1.